The fourth-order valence-electron chi connectivity index (χ4n) is 1.47. The van der Waals surface area contributed by atoms with Gasteiger partial charge in [-0.05, 0) is 30.3 Å². The number of benzene rings is 1. The van der Waals surface area contributed by atoms with Crippen LogP contribution in [0, 0.1) is 0 Å². The molecule has 0 aliphatic rings. The molecule has 0 saturated carbocycles. The molecule has 0 saturated heterocycles. The third kappa shape index (κ3) is 3.32. The summed E-state index contributed by atoms with van der Waals surface area (Å²) in [6.45, 7) is 0. The molecule has 6 nitrogen and oxygen atoms in total. The van der Waals surface area contributed by atoms with Gasteiger partial charge in [-0.1, -0.05) is 5.16 Å². The number of carbonyl (C=O) groups excluding carboxylic acids is 1. The predicted octanol–water partition coefficient (Wildman–Crippen LogP) is 0.987. The lowest BCUT2D eigenvalue weighted by Gasteiger charge is -2.01. The largest absolute Gasteiger partial charge is 0.497 e. The van der Waals surface area contributed by atoms with Crippen LogP contribution in [-0.4, -0.2) is 18.9 Å². The summed E-state index contributed by atoms with van der Waals surface area (Å²) in [6, 6.07) is 11.8. The highest BCUT2D eigenvalue weighted by Gasteiger charge is 2.10. The van der Waals surface area contributed by atoms with Crippen LogP contribution in [0.15, 0.2) is 53.8 Å². The van der Waals surface area contributed by atoms with Crippen molar-refractivity contribution in [3.05, 3.63) is 59.9 Å². The SMILES string of the molecule is COc1ccc(C(=O)ON=C(N)c2cccc[nH+]2)cc1. The smallest absolute Gasteiger partial charge is 0.365 e. The number of hydrogen-bond donors (Lipinski definition) is 1. The molecule has 6 heteroatoms. The molecule has 1 aromatic carbocycles. The van der Waals surface area contributed by atoms with E-state index in [0.29, 0.717) is 17.0 Å². The standard InChI is InChI=1S/C14H13N3O3/c1-19-11-7-5-10(6-8-11)14(18)20-17-13(15)12-4-2-3-9-16-12/h2-9H,1H3,(H2,15,17)/p+1. The number of aromatic amines is 1. The maximum absolute atomic E-state index is 11.7. The second-order valence-corrected chi connectivity index (χ2v) is 3.86. The van der Waals surface area contributed by atoms with Gasteiger partial charge in [-0.3, -0.25) is 0 Å². The van der Waals surface area contributed by atoms with Crippen LogP contribution in [0.2, 0.25) is 0 Å². The van der Waals surface area contributed by atoms with Crippen molar-refractivity contribution >= 4 is 11.8 Å². The number of rotatable bonds is 4. The van der Waals surface area contributed by atoms with Gasteiger partial charge >= 0.3 is 5.97 Å². The summed E-state index contributed by atoms with van der Waals surface area (Å²) in [5, 5.41) is 3.60. The van der Waals surface area contributed by atoms with Crippen molar-refractivity contribution in [2.75, 3.05) is 7.11 Å². The van der Waals surface area contributed by atoms with E-state index in [9.17, 15) is 4.79 Å². The molecule has 0 aliphatic carbocycles. The number of nitrogens with one attached hydrogen (secondary N) is 1. The second-order valence-electron chi connectivity index (χ2n) is 3.86. The van der Waals surface area contributed by atoms with Gasteiger partial charge in [0.1, 0.15) is 5.75 Å². The number of methoxy groups -OCH3 is 1. The number of oxime groups is 1. The molecule has 0 aliphatic heterocycles. The monoisotopic (exact) mass is 272 g/mol. The van der Waals surface area contributed by atoms with E-state index in [0.717, 1.165) is 0 Å². The first-order valence-corrected chi connectivity index (χ1v) is 5.86. The number of ether oxygens (including phenoxy) is 1. The lowest BCUT2D eigenvalue weighted by atomic mass is 10.2. The zero-order chi connectivity index (χ0) is 14.4. The summed E-state index contributed by atoms with van der Waals surface area (Å²) in [5.41, 5.74) is 6.61. The van der Waals surface area contributed by atoms with Gasteiger partial charge in [-0.2, -0.15) is 0 Å². The van der Waals surface area contributed by atoms with Gasteiger partial charge in [0.05, 0.1) is 12.7 Å². The van der Waals surface area contributed by atoms with Gasteiger partial charge in [0.2, 0.25) is 11.5 Å². The predicted molar refractivity (Wildman–Crippen MR) is 72.1 cm³/mol. The van der Waals surface area contributed by atoms with Crippen LogP contribution in [0.5, 0.6) is 5.75 Å². The molecule has 0 bridgehead atoms. The van der Waals surface area contributed by atoms with Crippen LogP contribution in [0.3, 0.4) is 0 Å². The van der Waals surface area contributed by atoms with Crippen molar-refractivity contribution in [1.82, 2.24) is 0 Å². The molecule has 102 valence electrons. The molecular weight excluding hydrogens is 258 g/mol. The van der Waals surface area contributed by atoms with Crippen LogP contribution in [0.4, 0.5) is 0 Å². The number of carbonyl (C=O) groups is 1. The van der Waals surface area contributed by atoms with E-state index in [1.807, 2.05) is 0 Å². The molecule has 0 atom stereocenters. The summed E-state index contributed by atoms with van der Waals surface area (Å²) in [6.07, 6.45) is 1.70. The first-order chi connectivity index (χ1) is 9.70. The van der Waals surface area contributed by atoms with Gasteiger partial charge in [-0.25, -0.2) is 9.78 Å². The van der Waals surface area contributed by atoms with Gasteiger partial charge in [0.15, 0.2) is 6.20 Å². The number of hydrogen-bond acceptors (Lipinski definition) is 4. The van der Waals surface area contributed by atoms with Crippen LogP contribution >= 0.6 is 0 Å². The summed E-state index contributed by atoms with van der Waals surface area (Å²) in [5.74, 6) is 0.155. The Bertz CT molecular complexity index is 609. The fraction of sp³-hybridized carbons (Fsp3) is 0.0714. The van der Waals surface area contributed by atoms with E-state index >= 15 is 0 Å². The van der Waals surface area contributed by atoms with E-state index in [2.05, 4.69) is 10.1 Å². The Balaban J connectivity index is 2.04. The Morgan fingerprint density at radius 2 is 1.95 bits per heavy atom. The van der Waals surface area contributed by atoms with Crippen LogP contribution in [0.25, 0.3) is 0 Å². The third-order valence-electron chi connectivity index (χ3n) is 2.54. The van der Waals surface area contributed by atoms with Crippen LogP contribution in [0.1, 0.15) is 16.1 Å². The number of pyridine rings is 1. The summed E-state index contributed by atoms with van der Waals surface area (Å²) in [4.78, 5) is 19.4. The highest BCUT2D eigenvalue weighted by molar-refractivity contribution is 5.95. The molecule has 0 radical (unpaired) electrons. The molecule has 20 heavy (non-hydrogen) atoms. The number of aromatic nitrogens is 1. The number of nitrogens with two attached hydrogens (primary N) is 1. The minimum absolute atomic E-state index is 0.0902. The van der Waals surface area contributed by atoms with Crippen molar-refractivity contribution < 1.29 is 19.4 Å². The quantitative estimate of drug-likeness (QED) is 0.389. The normalized spacial score (nSPS) is 10.9. The van der Waals surface area contributed by atoms with Crippen molar-refractivity contribution in [3.63, 3.8) is 0 Å². The fourth-order valence-corrected chi connectivity index (χ4v) is 1.47. The number of amidine groups is 1. The molecular formula is C14H14N3O3+. The Labute approximate surface area is 115 Å². The summed E-state index contributed by atoms with van der Waals surface area (Å²) < 4.78 is 5.00. The summed E-state index contributed by atoms with van der Waals surface area (Å²) >= 11 is 0. The lowest BCUT2D eigenvalue weighted by Crippen LogP contribution is -2.24. The van der Waals surface area contributed by atoms with Crippen molar-refractivity contribution in [3.8, 4) is 5.75 Å². The first kappa shape index (κ1) is 13.5. The van der Waals surface area contributed by atoms with Crippen molar-refractivity contribution in [2.24, 2.45) is 10.9 Å². The van der Waals surface area contributed by atoms with E-state index in [1.165, 1.54) is 0 Å². The number of nitrogens with zero attached hydrogens (tertiary/aromatic N) is 1. The average molecular weight is 272 g/mol. The number of H-pyrrole nitrogens is 1. The molecule has 2 aromatic rings. The van der Waals surface area contributed by atoms with Gasteiger partial charge < -0.3 is 15.3 Å². The minimum atomic E-state index is -0.591. The Morgan fingerprint density at radius 1 is 1.20 bits per heavy atom. The highest BCUT2D eigenvalue weighted by atomic mass is 16.7. The first-order valence-electron chi connectivity index (χ1n) is 5.86. The molecule has 0 amide bonds. The highest BCUT2D eigenvalue weighted by Crippen LogP contribution is 2.12. The van der Waals surface area contributed by atoms with Gasteiger partial charge in [0.25, 0.3) is 0 Å². The zero-order valence-corrected chi connectivity index (χ0v) is 10.9. The Hall–Kier alpha value is -2.89. The van der Waals surface area contributed by atoms with E-state index < -0.39 is 5.97 Å². The molecule has 2 rings (SSSR count). The topological polar surface area (TPSA) is 88.0 Å². The summed E-state index contributed by atoms with van der Waals surface area (Å²) in [7, 11) is 1.55. The van der Waals surface area contributed by atoms with Crippen molar-refractivity contribution in [2.45, 2.75) is 0 Å². The molecule has 0 unspecified atom stereocenters. The average Bonchev–Trinajstić information content (AvgIpc) is 2.53. The maximum Gasteiger partial charge on any atom is 0.365 e. The second kappa shape index (κ2) is 6.33. The minimum Gasteiger partial charge on any atom is -0.497 e. The van der Waals surface area contributed by atoms with Crippen molar-refractivity contribution in [1.29, 1.82) is 0 Å². The van der Waals surface area contributed by atoms with E-state index in [-0.39, 0.29) is 5.84 Å². The molecule has 1 heterocycles. The van der Waals surface area contributed by atoms with Gasteiger partial charge in [0, 0.05) is 12.1 Å². The molecule has 3 N–H and O–H groups in total. The Kier molecular flexibility index (Phi) is 4.28. The maximum atomic E-state index is 11.7. The van der Waals surface area contributed by atoms with E-state index in [4.69, 9.17) is 15.3 Å². The van der Waals surface area contributed by atoms with Gasteiger partial charge in [-0.15, -0.1) is 0 Å². The van der Waals surface area contributed by atoms with E-state index in [1.54, 1.807) is 55.8 Å². The van der Waals surface area contributed by atoms with Crippen LogP contribution < -0.4 is 15.5 Å². The van der Waals surface area contributed by atoms with Crippen LogP contribution in [-0.2, 0) is 4.84 Å². The zero-order valence-electron chi connectivity index (χ0n) is 10.9. The third-order valence-corrected chi connectivity index (χ3v) is 2.54. The Morgan fingerprint density at radius 3 is 2.55 bits per heavy atom. The molecule has 0 spiro atoms. The lowest BCUT2D eigenvalue weighted by molar-refractivity contribution is -0.380. The molecule has 0 fully saturated rings. The molecule has 1 aromatic heterocycles.